The largest absolute Gasteiger partial charge is 0.369 e. The van der Waals surface area contributed by atoms with Crippen molar-refractivity contribution in [1.29, 1.82) is 0 Å². The Morgan fingerprint density at radius 2 is 1.79 bits per heavy atom. The molecule has 0 aliphatic carbocycles. The van der Waals surface area contributed by atoms with Crippen LogP contribution >= 0.6 is 23.2 Å². The Bertz CT molecular complexity index is 836. The van der Waals surface area contributed by atoms with E-state index in [0.717, 1.165) is 42.7 Å². The Kier molecular flexibility index (Phi) is 5.32. The lowest BCUT2D eigenvalue weighted by atomic mass is 10.1. The van der Waals surface area contributed by atoms with Crippen molar-refractivity contribution in [2.24, 2.45) is 0 Å². The van der Waals surface area contributed by atoms with Gasteiger partial charge in [-0.2, -0.15) is 5.10 Å². The number of aromatic nitrogens is 2. The van der Waals surface area contributed by atoms with Crippen LogP contribution in [0, 0.1) is 0 Å². The second-order valence-corrected chi connectivity index (χ2v) is 6.69. The molecule has 3 nitrogen and oxygen atoms in total. The molecule has 0 atom stereocenters. The van der Waals surface area contributed by atoms with Gasteiger partial charge >= 0.3 is 0 Å². The zero-order chi connectivity index (χ0) is 17.1. The smallest absolute Gasteiger partial charge is 0.0902 e. The van der Waals surface area contributed by atoms with Crippen LogP contribution in [0.15, 0.2) is 42.6 Å². The summed E-state index contributed by atoms with van der Waals surface area (Å²) in [6, 6.07) is 11.7. The minimum atomic E-state index is 0.631. The lowest BCUT2D eigenvalue weighted by Gasteiger charge is -2.22. The van der Waals surface area contributed by atoms with Crippen molar-refractivity contribution >= 4 is 34.4 Å². The standard InChI is InChI=1S/C19H21Cl2N3/c1-3-10-23(11-4-2)19-13-22-24-17(6-5-7-18(19)24)15-9-8-14(20)12-16(15)21/h5-9,12-13H,3-4,10-11H2,1-2H3. The van der Waals surface area contributed by atoms with Crippen LogP contribution in [0.4, 0.5) is 5.69 Å². The Hall–Kier alpha value is -1.71. The molecule has 0 unspecified atom stereocenters. The van der Waals surface area contributed by atoms with Crippen molar-refractivity contribution in [2.75, 3.05) is 18.0 Å². The summed E-state index contributed by atoms with van der Waals surface area (Å²) in [6.07, 6.45) is 4.17. The van der Waals surface area contributed by atoms with Crippen LogP contribution < -0.4 is 4.90 Å². The van der Waals surface area contributed by atoms with Gasteiger partial charge in [0.05, 0.1) is 28.1 Å². The zero-order valence-electron chi connectivity index (χ0n) is 14.0. The van der Waals surface area contributed by atoms with E-state index in [1.807, 2.05) is 28.9 Å². The van der Waals surface area contributed by atoms with Crippen LogP contribution in [0.1, 0.15) is 26.7 Å². The van der Waals surface area contributed by atoms with Crippen molar-refractivity contribution in [3.05, 3.63) is 52.6 Å². The predicted molar refractivity (Wildman–Crippen MR) is 103 cm³/mol. The third-order valence-corrected chi connectivity index (χ3v) is 4.61. The number of hydrogen-bond donors (Lipinski definition) is 0. The highest BCUT2D eigenvalue weighted by Crippen LogP contribution is 2.32. The molecule has 0 amide bonds. The highest BCUT2D eigenvalue weighted by molar-refractivity contribution is 6.36. The van der Waals surface area contributed by atoms with Crippen molar-refractivity contribution < 1.29 is 0 Å². The second kappa shape index (κ2) is 7.45. The number of nitrogens with zero attached hydrogens (tertiary/aromatic N) is 3. The first-order valence-corrected chi connectivity index (χ1v) is 9.08. The molecule has 3 aromatic rings. The lowest BCUT2D eigenvalue weighted by Crippen LogP contribution is -2.24. The molecule has 0 bridgehead atoms. The zero-order valence-corrected chi connectivity index (χ0v) is 15.5. The number of pyridine rings is 1. The summed E-state index contributed by atoms with van der Waals surface area (Å²) in [5.74, 6) is 0. The van der Waals surface area contributed by atoms with Crippen LogP contribution in [-0.2, 0) is 0 Å². The molecule has 5 heteroatoms. The maximum Gasteiger partial charge on any atom is 0.0902 e. The molecule has 0 radical (unpaired) electrons. The number of fused-ring (bicyclic) bond motifs is 1. The first-order chi connectivity index (χ1) is 11.7. The molecule has 0 saturated carbocycles. The number of halogens is 2. The van der Waals surface area contributed by atoms with Gasteiger partial charge < -0.3 is 4.90 Å². The van der Waals surface area contributed by atoms with E-state index in [-0.39, 0.29) is 0 Å². The summed E-state index contributed by atoms with van der Waals surface area (Å²) in [5.41, 5.74) is 4.17. The van der Waals surface area contributed by atoms with Gasteiger partial charge in [-0.3, -0.25) is 0 Å². The van der Waals surface area contributed by atoms with Gasteiger partial charge in [0.25, 0.3) is 0 Å². The van der Waals surface area contributed by atoms with Gasteiger partial charge in [-0.05, 0) is 43.2 Å². The van der Waals surface area contributed by atoms with Gasteiger partial charge in [0.1, 0.15) is 0 Å². The van der Waals surface area contributed by atoms with Gasteiger partial charge in [-0.1, -0.05) is 43.1 Å². The first kappa shape index (κ1) is 17.1. The van der Waals surface area contributed by atoms with Gasteiger partial charge in [-0.15, -0.1) is 0 Å². The topological polar surface area (TPSA) is 20.5 Å². The molecule has 126 valence electrons. The van der Waals surface area contributed by atoms with Crippen molar-refractivity contribution in [3.63, 3.8) is 0 Å². The molecule has 0 spiro atoms. The van der Waals surface area contributed by atoms with E-state index in [1.54, 1.807) is 6.07 Å². The Morgan fingerprint density at radius 3 is 2.46 bits per heavy atom. The van der Waals surface area contributed by atoms with Crippen molar-refractivity contribution in [2.45, 2.75) is 26.7 Å². The molecular weight excluding hydrogens is 341 g/mol. The maximum absolute atomic E-state index is 6.40. The number of rotatable bonds is 6. The Morgan fingerprint density at radius 1 is 1.04 bits per heavy atom. The summed E-state index contributed by atoms with van der Waals surface area (Å²) in [5, 5.41) is 5.89. The minimum Gasteiger partial charge on any atom is -0.369 e. The number of benzene rings is 1. The highest BCUT2D eigenvalue weighted by Gasteiger charge is 2.15. The SMILES string of the molecule is CCCN(CCC)c1cnn2c(-c3ccc(Cl)cc3Cl)cccc12. The van der Waals surface area contributed by atoms with Crippen LogP contribution in [0.25, 0.3) is 16.8 Å². The van der Waals surface area contributed by atoms with E-state index in [1.165, 1.54) is 5.69 Å². The average molecular weight is 362 g/mol. The molecule has 0 saturated heterocycles. The summed E-state index contributed by atoms with van der Waals surface area (Å²) in [4.78, 5) is 2.40. The van der Waals surface area contributed by atoms with E-state index in [4.69, 9.17) is 23.2 Å². The van der Waals surface area contributed by atoms with Gasteiger partial charge in [0.2, 0.25) is 0 Å². The summed E-state index contributed by atoms with van der Waals surface area (Å²) < 4.78 is 1.96. The average Bonchev–Trinajstić information content (AvgIpc) is 2.99. The predicted octanol–water partition coefficient (Wildman–Crippen LogP) is 5.93. The fraction of sp³-hybridized carbons (Fsp3) is 0.316. The molecule has 3 rings (SSSR count). The van der Waals surface area contributed by atoms with E-state index in [0.29, 0.717) is 10.0 Å². The summed E-state index contributed by atoms with van der Waals surface area (Å²) in [7, 11) is 0. The van der Waals surface area contributed by atoms with Gasteiger partial charge in [-0.25, -0.2) is 4.52 Å². The Balaban J connectivity index is 2.12. The van der Waals surface area contributed by atoms with Crippen molar-refractivity contribution in [1.82, 2.24) is 9.61 Å². The van der Waals surface area contributed by atoms with Crippen LogP contribution in [0.2, 0.25) is 10.0 Å². The monoisotopic (exact) mass is 361 g/mol. The van der Waals surface area contributed by atoms with Crippen molar-refractivity contribution in [3.8, 4) is 11.3 Å². The first-order valence-electron chi connectivity index (χ1n) is 8.32. The fourth-order valence-corrected chi connectivity index (χ4v) is 3.54. The molecule has 0 fully saturated rings. The molecule has 2 aromatic heterocycles. The van der Waals surface area contributed by atoms with Crippen LogP contribution in [0.5, 0.6) is 0 Å². The normalized spacial score (nSPS) is 11.2. The molecule has 0 aliphatic heterocycles. The van der Waals surface area contributed by atoms with E-state index in [9.17, 15) is 0 Å². The highest BCUT2D eigenvalue weighted by atomic mass is 35.5. The molecule has 24 heavy (non-hydrogen) atoms. The number of hydrogen-bond acceptors (Lipinski definition) is 2. The molecule has 0 N–H and O–H groups in total. The molecular formula is C19H21Cl2N3. The second-order valence-electron chi connectivity index (χ2n) is 5.85. The van der Waals surface area contributed by atoms with Crippen LogP contribution in [0.3, 0.4) is 0 Å². The van der Waals surface area contributed by atoms with Gasteiger partial charge in [0.15, 0.2) is 0 Å². The third-order valence-electron chi connectivity index (χ3n) is 4.06. The van der Waals surface area contributed by atoms with E-state index >= 15 is 0 Å². The molecule has 2 heterocycles. The quantitative estimate of drug-likeness (QED) is 0.541. The Labute approximate surface area is 152 Å². The molecule has 0 aliphatic rings. The number of anilines is 1. The van der Waals surface area contributed by atoms with Gasteiger partial charge in [0, 0.05) is 23.7 Å². The summed E-state index contributed by atoms with van der Waals surface area (Å²) in [6.45, 7) is 6.46. The lowest BCUT2D eigenvalue weighted by molar-refractivity contribution is 0.747. The maximum atomic E-state index is 6.40. The third kappa shape index (κ3) is 3.24. The van der Waals surface area contributed by atoms with E-state index < -0.39 is 0 Å². The molecule has 1 aromatic carbocycles. The fourth-order valence-electron chi connectivity index (χ4n) is 3.04. The van der Waals surface area contributed by atoms with Crippen LogP contribution in [-0.4, -0.2) is 22.7 Å². The van der Waals surface area contributed by atoms with E-state index in [2.05, 4.69) is 36.0 Å². The minimum absolute atomic E-state index is 0.631. The summed E-state index contributed by atoms with van der Waals surface area (Å²) >= 11 is 12.4.